The predicted octanol–water partition coefficient (Wildman–Crippen LogP) is 2.72. The second-order valence-corrected chi connectivity index (χ2v) is 4.32. The molecule has 0 fully saturated rings. The molecule has 1 N–H and O–H groups in total. The van der Waals surface area contributed by atoms with Gasteiger partial charge in [0.15, 0.2) is 0 Å². The molecule has 0 bridgehead atoms. The fourth-order valence-electron chi connectivity index (χ4n) is 2.09. The summed E-state index contributed by atoms with van der Waals surface area (Å²) < 4.78 is 31.3. The number of ether oxygens (including phenoxy) is 1. The van der Waals surface area contributed by atoms with E-state index in [2.05, 4.69) is 15.2 Å². The Kier molecular flexibility index (Phi) is 4.68. The molecule has 1 unspecified atom stereocenters. The largest absolute Gasteiger partial charge is 0.434 e. The van der Waals surface area contributed by atoms with E-state index in [1.54, 1.807) is 22.9 Å². The zero-order valence-electron chi connectivity index (χ0n) is 11.4. The monoisotopic (exact) mass is 281 g/mol. The average molecular weight is 281 g/mol. The molecule has 2 aromatic rings. The normalized spacial score (nSPS) is 12.7. The van der Waals surface area contributed by atoms with Gasteiger partial charge in [-0.15, -0.1) is 0 Å². The zero-order valence-corrected chi connectivity index (χ0v) is 11.4. The van der Waals surface area contributed by atoms with Gasteiger partial charge in [-0.1, -0.05) is 25.1 Å². The number of aryl methyl sites for hydroxylation is 1. The molecule has 0 amide bonds. The summed E-state index contributed by atoms with van der Waals surface area (Å²) in [6.07, 6.45) is 1.82. The van der Waals surface area contributed by atoms with Crippen LogP contribution in [-0.4, -0.2) is 22.9 Å². The molecule has 4 nitrogen and oxygen atoms in total. The van der Waals surface area contributed by atoms with Crippen LogP contribution in [0, 0.1) is 0 Å². The van der Waals surface area contributed by atoms with Gasteiger partial charge in [0.1, 0.15) is 5.75 Å². The van der Waals surface area contributed by atoms with Crippen LogP contribution in [0.25, 0.3) is 0 Å². The van der Waals surface area contributed by atoms with Gasteiger partial charge in [-0.2, -0.15) is 13.9 Å². The van der Waals surface area contributed by atoms with Crippen LogP contribution in [0.1, 0.15) is 24.2 Å². The number of aromatic nitrogens is 2. The van der Waals surface area contributed by atoms with Crippen LogP contribution < -0.4 is 10.1 Å². The lowest BCUT2D eigenvalue weighted by atomic mass is 10.0. The lowest BCUT2D eigenvalue weighted by molar-refractivity contribution is -0.0506. The highest BCUT2D eigenvalue weighted by molar-refractivity contribution is 5.39. The van der Waals surface area contributed by atoms with Gasteiger partial charge in [0.05, 0.1) is 11.7 Å². The Morgan fingerprint density at radius 1 is 1.30 bits per heavy atom. The van der Waals surface area contributed by atoms with Crippen LogP contribution in [-0.2, 0) is 7.05 Å². The third-order valence-electron chi connectivity index (χ3n) is 2.88. The quantitative estimate of drug-likeness (QED) is 0.885. The van der Waals surface area contributed by atoms with Crippen LogP contribution in [0.3, 0.4) is 0 Å². The minimum Gasteiger partial charge on any atom is -0.434 e. The third kappa shape index (κ3) is 3.33. The highest BCUT2D eigenvalue weighted by Crippen LogP contribution is 2.30. The fraction of sp³-hybridized carbons (Fsp3) is 0.357. The molecule has 0 spiro atoms. The zero-order chi connectivity index (χ0) is 14.5. The van der Waals surface area contributed by atoms with E-state index in [0.29, 0.717) is 12.1 Å². The highest BCUT2D eigenvalue weighted by atomic mass is 19.3. The first-order valence-corrected chi connectivity index (χ1v) is 6.38. The Morgan fingerprint density at radius 3 is 2.65 bits per heavy atom. The number of nitrogens with zero attached hydrogens (tertiary/aromatic N) is 2. The second kappa shape index (κ2) is 6.47. The van der Waals surface area contributed by atoms with Crippen molar-refractivity contribution < 1.29 is 13.5 Å². The molecule has 6 heteroatoms. The van der Waals surface area contributed by atoms with E-state index in [9.17, 15) is 8.78 Å². The highest BCUT2D eigenvalue weighted by Gasteiger charge is 2.20. The Labute approximate surface area is 116 Å². The number of rotatable bonds is 6. The Hall–Kier alpha value is -1.95. The molecule has 1 atom stereocenters. The minimum absolute atomic E-state index is 0.166. The van der Waals surface area contributed by atoms with Crippen LogP contribution in [0.4, 0.5) is 8.78 Å². The molecule has 2 rings (SSSR count). The molecule has 0 radical (unpaired) electrons. The topological polar surface area (TPSA) is 39.1 Å². The summed E-state index contributed by atoms with van der Waals surface area (Å²) in [6, 6.07) is 8.33. The van der Waals surface area contributed by atoms with Crippen molar-refractivity contribution in [1.82, 2.24) is 15.1 Å². The van der Waals surface area contributed by atoms with Crippen LogP contribution in [0.2, 0.25) is 0 Å². The Bertz CT molecular complexity index is 557. The summed E-state index contributed by atoms with van der Waals surface area (Å²) in [5, 5.41) is 7.58. The van der Waals surface area contributed by atoms with Crippen molar-refractivity contribution in [1.29, 1.82) is 0 Å². The second-order valence-electron chi connectivity index (χ2n) is 4.32. The van der Waals surface area contributed by atoms with Gasteiger partial charge in [-0.3, -0.25) is 4.68 Å². The number of para-hydroxylation sites is 1. The van der Waals surface area contributed by atoms with Gasteiger partial charge in [-0.25, -0.2) is 0 Å². The van der Waals surface area contributed by atoms with E-state index in [-0.39, 0.29) is 11.8 Å². The van der Waals surface area contributed by atoms with E-state index in [1.807, 2.05) is 26.2 Å². The first kappa shape index (κ1) is 14.5. The summed E-state index contributed by atoms with van der Waals surface area (Å²) in [7, 11) is 1.81. The fourth-order valence-corrected chi connectivity index (χ4v) is 2.09. The molecule has 108 valence electrons. The van der Waals surface area contributed by atoms with E-state index in [1.165, 1.54) is 6.07 Å². The van der Waals surface area contributed by atoms with E-state index >= 15 is 0 Å². The van der Waals surface area contributed by atoms with E-state index in [4.69, 9.17) is 0 Å². The summed E-state index contributed by atoms with van der Waals surface area (Å²) in [6.45, 7) is -0.210. The summed E-state index contributed by atoms with van der Waals surface area (Å²) in [4.78, 5) is 0. The van der Waals surface area contributed by atoms with Gasteiger partial charge < -0.3 is 10.1 Å². The number of alkyl halides is 2. The maximum atomic E-state index is 12.5. The first-order chi connectivity index (χ1) is 9.61. The van der Waals surface area contributed by atoms with E-state index in [0.717, 1.165) is 5.69 Å². The van der Waals surface area contributed by atoms with E-state index < -0.39 is 6.61 Å². The minimum atomic E-state index is -2.85. The number of benzene rings is 1. The molecular formula is C14H17F2N3O. The summed E-state index contributed by atoms with van der Waals surface area (Å²) in [5.74, 6) is 0.166. The summed E-state index contributed by atoms with van der Waals surface area (Å²) in [5.41, 5.74) is 1.41. The number of halogens is 2. The Morgan fingerprint density at radius 2 is 2.05 bits per heavy atom. The van der Waals surface area contributed by atoms with Crippen LogP contribution in [0.15, 0.2) is 36.5 Å². The molecule has 0 aliphatic heterocycles. The van der Waals surface area contributed by atoms with Crippen LogP contribution >= 0.6 is 0 Å². The molecule has 20 heavy (non-hydrogen) atoms. The molecule has 0 saturated heterocycles. The summed E-state index contributed by atoms with van der Waals surface area (Å²) >= 11 is 0. The number of nitrogens with one attached hydrogen (secondary N) is 1. The maximum Gasteiger partial charge on any atom is 0.387 e. The maximum absolute atomic E-state index is 12.5. The van der Waals surface area contributed by atoms with Gasteiger partial charge in [0.2, 0.25) is 0 Å². The average Bonchev–Trinajstić information content (AvgIpc) is 2.83. The smallest absolute Gasteiger partial charge is 0.387 e. The lowest BCUT2D eigenvalue weighted by Crippen LogP contribution is -2.23. The molecular weight excluding hydrogens is 264 g/mol. The molecule has 0 saturated carbocycles. The number of hydrogen-bond acceptors (Lipinski definition) is 3. The van der Waals surface area contributed by atoms with Crippen LogP contribution in [0.5, 0.6) is 5.75 Å². The van der Waals surface area contributed by atoms with Crippen molar-refractivity contribution in [3.63, 3.8) is 0 Å². The van der Waals surface area contributed by atoms with Gasteiger partial charge in [-0.05, 0) is 18.7 Å². The first-order valence-electron chi connectivity index (χ1n) is 6.38. The predicted molar refractivity (Wildman–Crippen MR) is 71.8 cm³/mol. The standard InChI is InChI=1S/C14H17F2N3O/c1-3-17-13(11-8-9-19(2)18-11)10-6-4-5-7-12(10)20-14(15)16/h4-9,13-14,17H,3H2,1-2H3. The van der Waals surface area contributed by atoms with Gasteiger partial charge in [0, 0.05) is 18.8 Å². The third-order valence-corrected chi connectivity index (χ3v) is 2.88. The molecule has 1 aromatic carbocycles. The van der Waals surface area contributed by atoms with Crippen molar-refractivity contribution in [2.45, 2.75) is 19.6 Å². The van der Waals surface area contributed by atoms with Gasteiger partial charge >= 0.3 is 6.61 Å². The van der Waals surface area contributed by atoms with Crippen molar-refractivity contribution in [2.24, 2.45) is 7.05 Å². The van der Waals surface area contributed by atoms with Crippen molar-refractivity contribution in [2.75, 3.05) is 6.54 Å². The van der Waals surface area contributed by atoms with Crippen molar-refractivity contribution >= 4 is 0 Å². The SMILES string of the molecule is CCNC(c1ccn(C)n1)c1ccccc1OC(F)F. The molecule has 0 aliphatic carbocycles. The van der Waals surface area contributed by atoms with Gasteiger partial charge in [0.25, 0.3) is 0 Å². The lowest BCUT2D eigenvalue weighted by Gasteiger charge is -2.19. The van der Waals surface area contributed by atoms with Crippen molar-refractivity contribution in [3.8, 4) is 5.75 Å². The number of hydrogen-bond donors (Lipinski definition) is 1. The molecule has 1 heterocycles. The molecule has 1 aromatic heterocycles. The molecule has 0 aliphatic rings. The Balaban J connectivity index is 2.38. The van der Waals surface area contributed by atoms with Crippen molar-refractivity contribution in [3.05, 3.63) is 47.8 Å².